The van der Waals surface area contributed by atoms with Crippen LogP contribution < -0.4 is 5.73 Å². The van der Waals surface area contributed by atoms with Crippen molar-refractivity contribution in [3.8, 4) is 0 Å². The SMILES string of the molecule is Cc1cnn(Cc2ccc(C(C)C)cc2)c1N. The molecule has 3 heteroatoms. The van der Waals surface area contributed by atoms with Crippen LogP contribution in [0.1, 0.15) is 36.5 Å². The molecule has 0 radical (unpaired) electrons. The van der Waals surface area contributed by atoms with Gasteiger partial charge in [0.1, 0.15) is 5.82 Å². The molecule has 0 atom stereocenters. The van der Waals surface area contributed by atoms with Gasteiger partial charge in [0.2, 0.25) is 0 Å². The number of hydrogen-bond acceptors (Lipinski definition) is 2. The van der Waals surface area contributed by atoms with Crippen molar-refractivity contribution in [2.75, 3.05) is 5.73 Å². The number of hydrogen-bond donors (Lipinski definition) is 1. The monoisotopic (exact) mass is 229 g/mol. The van der Waals surface area contributed by atoms with Crippen LogP contribution in [0.2, 0.25) is 0 Å². The Balaban J connectivity index is 2.17. The fourth-order valence-corrected chi connectivity index (χ4v) is 1.80. The highest BCUT2D eigenvalue weighted by atomic mass is 15.3. The summed E-state index contributed by atoms with van der Waals surface area (Å²) < 4.78 is 1.83. The molecule has 1 aromatic carbocycles. The van der Waals surface area contributed by atoms with Crippen LogP contribution in [0.3, 0.4) is 0 Å². The normalized spacial score (nSPS) is 11.1. The second kappa shape index (κ2) is 4.62. The van der Waals surface area contributed by atoms with Crippen LogP contribution in [0, 0.1) is 6.92 Å². The fourth-order valence-electron chi connectivity index (χ4n) is 1.80. The number of aryl methyl sites for hydroxylation is 1. The lowest BCUT2D eigenvalue weighted by atomic mass is 10.0. The van der Waals surface area contributed by atoms with E-state index in [4.69, 9.17) is 5.73 Å². The molecule has 0 spiro atoms. The lowest BCUT2D eigenvalue weighted by molar-refractivity contribution is 0.696. The maximum absolute atomic E-state index is 5.93. The third kappa shape index (κ3) is 2.49. The van der Waals surface area contributed by atoms with Crippen molar-refractivity contribution in [1.82, 2.24) is 9.78 Å². The average molecular weight is 229 g/mol. The molecule has 0 saturated carbocycles. The van der Waals surface area contributed by atoms with E-state index < -0.39 is 0 Å². The first kappa shape index (κ1) is 11.7. The zero-order valence-electron chi connectivity index (χ0n) is 10.6. The third-order valence-corrected chi connectivity index (χ3v) is 3.05. The van der Waals surface area contributed by atoms with Crippen molar-refractivity contribution < 1.29 is 0 Å². The molecule has 0 aliphatic heterocycles. The van der Waals surface area contributed by atoms with Crippen LogP contribution in [0.25, 0.3) is 0 Å². The molecule has 0 aliphatic carbocycles. The van der Waals surface area contributed by atoms with Crippen molar-refractivity contribution in [2.24, 2.45) is 0 Å². The number of nitrogen functional groups attached to an aromatic ring is 1. The van der Waals surface area contributed by atoms with E-state index in [1.165, 1.54) is 11.1 Å². The van der Waals surface area contributed by atoms with Gasteiger partial charge in [-0.15, -0.1) is 0 Å². The Hall–Kier alpha value is -1.77. The summed E-state index contributed by atoms with van der Waals surface area (Å²) in [5.41, 5.74) is 9.55. The molecule has 90 valence electrons. The first-order valence-electron chi connectivity index (χ1n) is 5.94. The molecule has 3 nitrogen and oxygen atoms in total. The average Bonchev–Trinajstić information content (AvgIpc) is 2.62. The summed E-state index contributed by atoms with van der Waals surface area (Å²) >= 11 is 0. The summed E-state index contributed by atoms with van der Waals surface area (Å²) in [6, 6.07) is 8.64. The van der Waals surface area contributed by atoms with Gasteiger partial charge in [-0.2, -0.15) is 5.10 Å². The lowest BCUT2D eigenvalue weighted by Crippen LogP contribution is -2.06. The Morgan fingerprint density at radius 1 is 1.24 bits per heavy atom. The Labute approximate surface area is 102 Å². The maximum atomic E-state index is 5.93. The Morgan fingerprint density at radius 2 is 1.88 bits per heavy atom. The molecule has 0 amide bonds. The van der Waals surface area contributed by atoms with Gasteiger partial charge in [0, 0.05) is 5.56 Å². The van der Waals surface area contributed by atoms with Crippen molar-refractivity contribution in [3.05, 3.63) is 47.2 Å². The van der Waals surface area contributed by atoms with Gasteiger partial charge in [-0.3, -0.25) is 0 Å². The van der Waals surface area contributed by atoms with E-state index in [9.17, 15) is 0 Å². The van der Waals surface area contributed by atoms with E-state index in [1.807, 2.05) is 11.6 Å². The third-order valence-electron chi connectivity index (χ3n) is 3.05. The minimum absolute atomic E-state index is 0.570. The Kier molecular flexibility index (Phi) is 3.18. The number of anilines is 1. The highest BCUT2D eigenvalue weighted by molar-refractivity contribution is 5.38. The van der Waals surface area contributed by atoms with Crippen LogP contribution in [-0.4, -0.2) is 9.78 Å². The van der Waals surface area contributed by atoms with E-state index in [-0.39, 0.29) is 0 Å². The van der Waals surface area contributed by atoms with E-state index in [0.717, 1.165) is 17.9 Å². The molecule has 0 fully saturated rings. The highest BCUT2D eigenvalue weighted by Gasteiger charge is 2.04. The van der Waals surface area contributed by atoms with E-state index >= 15 is 0 Å². The first-order chi connectivity index (χ1) is 8.08. The quantitative estimate of drug-likeness (QED) is 0.879. The zero-order chi connectivity index (χ0) is 12.4. The van der Waals surface area contributed by atoms with Crippen LogP contribution in [0.5, 0.6) is 0 Å². The number of aromatic nitrogens is 2. The molecule has 1 heterocycles. The van der Waals surface area contributed by atoms with Gasteiger partial charge < -0.3 is 5.73 Å². The van der Waals surface area contributed by atoms with Gasteiger partial charge in [0.15, 0.2) is 0 Å². The van der Waals surface area contributed by atoms with E-state index in [0.29, 0.717) is 5.92 Å². The van der Waals surface area contributed by atoms with Crippen LogP contribution in [0.4, 0.5) is 5.82 Å². The molecule has 1 aromatic heterocycles. The second-order valence-electron chi connectivity index (χ2n) is 4.77. The largest absolute Gasteiger partial charge is 0.384 e. The standard InChI is InChI=1S/C14H19N3/c1-10(2)13-6-4-12(5-7-13)9-17-14(15)11(3)8-16-17/h4-8,10H,9,15H2,1-3H3. The Morgan fingerprint density at radius 3 is 2.35 bits per heavy atom. The van der Waals surface area contributed by atoms with E-state index in [2.05, 4.69) is 43.2 Å². The number of benzene rings is 1. The summed E-state index contributed by atoms with van der Waals surface area (Å²) in [6.45, 7) is 7.10. The van der Waals surface area contributed by atoms with E-state index in [1.54, 1.807) is 6.20 Å². The molecule has 0 bridgehead atoms. The predicted octanol–water partition coefficient (Wildman–Crippen LogP) is 2.95. The zero-order valence-corrected chi connectivity index (χ0v) is 10.6. The van der Waals surface area contributed by atoms with Gasteiger partial charge in [0.05, 0.1) is 12.7 Å². The first-order valence-corrected chi connectivity index (χ1v) is 5.94. The summed E-state index contributed by atoms with van der Waals surface area (Å²) in [5, 5.41) is 4.26. The minimum atomic E-state index is 0.570. The number of rotatable bonds is 3. The highest BCUT2D eigenvalue weighted by Crippen LogP contribution is 2.16. The van der Waals surface area contributed by atoms with Crippen LogP contribution >= 0.6 is 0 Å². The van der Waals surface area contributed by atoms with Gasteiger partial charge in [-0.25, -0.2) is 4.68 Å². The van der Waals surface area contributed by atoms with Crippen molar-refractivity contribution in [1.29, 1.82) is 0 Å². The van der Waals surface area contributed by atoms with Gasteiger partial charge in [-0.05, 0) is 24.0 Å². The van der Waals surface area contributed by atoms with Crippen LogP contribution in [-0.2, 0) is 6.54 Å². The molecule has 2 aromatic rings. The second-order valence-corrected chi connectivity index (χ2v) is 4.77. The smallest absolute Gasteiger partial charge is 0.124 e. The lowest BCUT2D eigenvalue weighted by Gasteiger charge is -2.08. The molecule has 2 rings (SSSR count). The molecular formula is C14H19N3. The minimum Gasteiger partial charge on any atom is -0.384 e. The fraction of sp³-hybridized carbons (Fsp3) is 0.357. The van der Waals surface area contributed by atoms with Crippen molar-refractivity contribution in [2.45, 2.75) is 33.2 Å². The van der Waals surface area contributed by atoms with Gasteiger partial charge in [-0.1, -0.05) is 38.1 Å². The van der Waals surface area contributed by atoms with Crippen LogP contribution in [0.15, 0.2) is 30.5 Å². The van der Waals surface area contributed by atoms with Gasteiger partial charge in [0.25, 0.3) is 0 Å². The molecule has 0 unspecified atom stereocenters. The topological polar surface area (TPSA) is 43.8 Å². The van der Waals surface area contributed by atoms with Crippen molar-refractivity contribution in [3.63, 3.8) is 0 Å². The number of nitrogens with zero attached hydrogens (tertiary/aromatic N) is 2. The summed E-state index contributed by atoms with van der Waals surface area (Å²) in [4.78, 5) is 0. The maximum Gasteiger partial charge on any atom is 0.124 e. The van der Waals surface area contributed by atoms with Crippen molar-refractivity contribution >= 4 is 5.82 Å². The molecule has 17 heavy (non-hydrogen) atoms. The molecule has 0 aliphatic rings. The molecular weight excluding hydrogens is 210 g/mol. The molecule has 0 saturated heterocycles. The predicted molar refractivity (Wildman–Crippen MR) is 71.0 cm³/mol. The molecule has 2 N–H and O–H groups in total. The van der Waals surface area contributed by atoms with Gasteiger partial charge >= 0.3 is 0 Å². The summed E-state index contributed by atoms with van der Waals surface area (Å²) in [7, 11) is 0. The summed E-state index contributed by atoms with van der Waals surface area (Å²) in [6.07, 6.45) is 1.80. The Bertz CT molecular complexity index is 495. The number of nitrogens with two attached hydrogens (primary N) is 1. The summed E-state index contributed by atoms with van der Waals surface area (Å²) in [5.74, 6) is 1.32.